The summed E-state index contributed by atoms with van der Waals surface area (Å²) in [7, 11) is 1.75. The lowest BCUT2D eigenvalue weighted by Gasteiger charge is -2.42. The number of amides is 1. The number of hydrogen-bond acceptors (Lipinski definition) is 5. The van der Waals surface area contributed by atoms with Gasteiger partial charge >= 0.3 is 6.09 Å². The van der Waals surface area contributed by atoms with Crippen molar-refractivity contribution in [1.29, 1.82) is 0 Å². The van der Waals surface area contributed by atoms with E-state index < -0.39 is 5.60 Å². The number of carbonyl (C=O) groups is 1. The number of rotatable bonds is 6. The molecule has 1 atom stereocenters. The molecule has 1 aromatic rings. The van der Waals surface area contributed by atoms with Crippen LogP contribution in [0.2, 0.25) is 0 Å². The van der Waals surface area contributed by atoms with Crippen LogP contribution in [0.4, 0.5) is 10.5 Å². The molecule has 0 bridgehead atoms. The zero-order chi connectivity index (χ0) is 25.9. The van der Waals surface area contributed by atoms with Crippen molar-refractivity contribution in [2.75, 3.05) is 38.2 Å². The fraction of sp³-hybridized carbons (Fsp3) is 0.700. The molecular formula is C30H47N3O3. The Morgan fingerprint density at radius 3 is 2.44 bits per heavy atom. The molecule has 2 heterocycles. The van der Waals surface area contributed by atoms with Crippen molar-refractivity contribution in [1.82, 2.24) is 10.2 Å². The largest absolute Gasteiger partial charge is 0.500 e. The molecule has 2 aliphatic heterocycles. The minimum Gasteiger partial charge on any atom is -0.500 e. The van der Waals surface area contributed by atoms with Gasteiger partial charge in [-0.15, -0.1) is 0 Å². The number of benzene rings is 1. The van der Waals surface area contributed by atoms with Gasteiger partial charge in [-0.05, 0) is 81.0 Å². The van der Waals surface area contributed by atoms with Crippen LogP contribution in [0.3, 0.4) is 0 Å². The minimum absolute atomic E-state index is 0.0228. The molecule has 3 aliphatic rings. The molecule has 1 amide bonds. The third-order valence-electron chi connectivity index (χ3n) is 8.78. The van der Waals surface area contributed by atoms with Gasteiger partial charge < -0.3 is 19.7 Å². The molecule has 1 N–H and O–H groups in total. The van der Waals surface area contributed by atoms with E-state index in [-0.39, 0.29) is 12.1 Å². The molecule has 0 spiro atoms. The average Bonchev–Trinajstić information content (AvgIpc) is 3.37. The fourth-order valence-electron chi connectivity index (χ4n) is 6.31. The van der Waals surface area contributed by atoms with E-state index in [4.69, 9.17) is 9.47 Å². The van der Waals surface area contributed by atoms with Crippen LogP contribution >= 0.6 is 0 Å². The molecule has 6 heteroatoms. The van der Waals surface area contributed by atoms with Gasteiger partial charge in [0.15, 0.2) is 0 Å². The van der Waals surface area contributed by atoms with Gasteiger partial charge in [0.05, 0.1) is 13.2 Å². The average molecular weight is 498 g/mol. The van der Waals surface area contributed by atoms with E-state index in [0.717, 1.165) is 31.8 Å². The van der Waals surface area contributed by atoms with Gasteiger partial charge in [0, 0.05) is 44.5 Å². The maximum absolute atomic E-state index is 13.2. The molecule has 0 unspecified atom stereocenters. The molecule has 1 aliphatic carbocycles. The van der Waals surface area contributed by atoms with Crippen molar-refractivity contribution in [3.63, 3.8) is 0 Å². The number of anilines is 1. The van der Waals surface area contributed by atoms with E-state index in [1.165, 1.54) is 55.3 Å². The summed E-state index contributed by atoms with van der Waals surface area (Å²) in [4.78, 5) is 17.5. The summed E-state index contributed by atoms with van der Waals surface area (Å²) in [5, 5.41) is 3.54. The number of piperazine rings is 1. The summed E-state index contributed by atoms with van der Waals surface area (Å²) in [6, 6.07) is 6.88. The second-order valence-electron chi connectivity index (χ2n) is 11.9. The summed E-state index contributed by atoms with van der Waals surface area (Å²) in [5.74, 6) is 1.55. The summed E-state index contributed by atoms with van der Waals surface area (Å²) in [5.41, 5.74) is 3.89. The molecule has 1 aromatic carbocycles. The molecule has 4 rings (SSSR count). The minimum atomic E-state index is -0.507. The maximum Gasteiger partial charge on any atom is 0.410 e. The normalized spacial score (nSPS) is 22.9. The van der Waals surface area contributed by atoms with Crippen LogP contribution in [-0.4, -0.2) is 49.9 Å². The summed E-state index contributed by atoms with van der Waals surface area (Å²) < 4.78 is 11.3. The lowest BCUT2D eigenvalue weighted by Crippen LogP contribution is -2.50. The standard InChI is InChI=1S/C30H47N3O3/c1-7-30(8-2)14-11-22(12-15-30)26-19-23(32-17-13-24(21-32)35-6)9-10-25(26)27-20-31-16-18-33(27)28(34)36-29(3,4)5/h9-10,19,21-22,27,31H,7-8,11-18,20H2,1-6H3/t27-/m0/s1. The van der Waals surface area contributed by atoms with Crippen molar-refractivity contribution in [2.24, 2.45) is 5.41 Å². The van der Waals surface area contributed by atoms with E-state index in [2.05, 4.69) is 48.5 Å². The van der Waals surface area contributed by atoms with E-state index in [1.807, 2.05) is 25.7 Å². The van der Waals surface area contributed by atoms with Crippen LogP contribution in [0, 0.1) is 5.41 Å². The molecule has 1 saturated carbocycles. The van der Waals surface area contributed by atoms with Crippen molar-refractivity contribution in [2.45, 2.75) is 97.1 Å². The van der Waals surface area contributed by atoms with Gasteiger partial charge in [-0.25, -0.2) is 4.79 Å². The summed E-state index contributed by atoms with van der Waals surface area (Å²) in [6.45, 7) is 13.7. The fourth-order valence-corrected chi connectivity index (χ4v) is 6.31. The van der Waals surface area contributed by atoms with Crippen LogP contribution in [0.1, 0.15) is 103 Å². The van der Waals surface area contributed by atoms with Crippen LogP contribution in [0.15, 0.2) is 30.2 Å². The maximum atomic E-state index is 13.2. The summed E-state index contributed by atoms with van der Waals surface area (Å²) in [6.07, 6.45) is 10.4. The first kappa shape index (κ1) is 26.8. The van der Waals surface area contributed by atoms with Crippen LogP contribution in [-0.2, 0) is 9.47 Å². The topological polar surface area (TPSA) is 54.0 Å². The first-order valence-electron chi connectivity index (χ1n) is 14.0. The lowest BCUT2D eigenvalue weighted by molar-refractivity contribution is 0.0116. The van der Waals surface area contributed by atoms with Crippen LogP contribution < -0.4 is 10.2 Å². The Kier molecular flexibility index (Phi) is 8.23. The van der Waals surface area contributed by atoms with Crippen LogP contribution in [0.25, 0.3) is 0 Å². The molecule has 0 radical (unpaired) electrons. The SMILES string of the molecule is CCC1(CC)CCC(c2cc(N3C=C(OC)CC3)ccc2[C@@H]2CNCCN2C(=O)OC(C)(C)C)CC1. The predicted octanol–water partition coefficient (Wildman–Crippen LogP) is 6.73. The smallest absolute Gasteiger partial charge is 0.410 e. The first-order valence-corrected chi connectivity index (χ1v) is 14.0. The summed E-state index contributed by atoms with van der Waals surface area (Å²) >= 11 is 0. The highest BCUT2D eigenvalue weighted by molar-refractivity contribution is 5.69. The Morgan fingerprint density at radius 2 is 1.83 bits per heavy atom. The van der Waals surface area contributed by atoms with Gasteiger partial charge in [0.1, 0.15) is 11.4 Å². The zero-order valence-electron chi connectivity index (χ0n) is 23.4. The van der Waals surface area contributed by atoms with Gasteiger partial charge in [0.25, 0.3) is 0 Å². The number of nitrogens with zero attached hydrogens (tertiary/aromatic N) is 2. The van der Waals surface area contributed by atoms with Gasteiger partial charge in [-0.2, -0.15) is 0 Å². The quantitative estimate of drug-likeness (QED) is 0.472. The second-order valence-corrected chi connectivity index (χ2v) is 11.9. The Balaban J connectivity index is 1.68. The number of hydrogen-bond donors (Lipinski definition) is 1. The highest BCUT2D eigenvalue weighted by Crippen LogP contribution is 2.49. The third-order valence-corrected chi connectivity index (χ3v) is 8.78. The first-order chi connectivity index (χ1) is 17.2. The van der Waals surface area contributed by atoms with Crippen molar-refractivity contribution < 1.29 is 14.3 Å². The van der Waals surface area contributed by atoms with Gasteiger partial charge in [-0.1, -0.05) is 32.8 Å². The third kappa shape index (κ3) is 5.85. The molecular weight excluding hydrogens is 450 g/mol. The molecule has 2 fully saturated rings. The molecule has 1 saturated heterocycles. The Labute approximate surface area is 218 Å². The van der Waals surface area contributed by atoms with Gasteiger partial charge in [0.2, 0.25) is 0 Å². The lowest BCUT2D eigenvalue weighted by atomic mass is 9.65. The molecule has 36 heavy (non-hydrogen) atoms. The van der Waals surface area contributed by atoms with Crippen molar-refractivity contribution in [3.05, 3.63) is 41.3 Å². The molecule has 0 aromatic heterocycles. The highest BCUT2D eigenvalue weighted by atomic mass is 16.6. The molecule has 200 valence electrons. The monoisotopic (exact) mass is 497 g/mol. The highest BCUT2D eigenvalue weighted by Gasteiger charge is 2.37. The number of nitrogens with one attached hydrogen (secondary N) is 1. The zero-order valence-corrected chi connectivity index (χ0v) is 23.4. The molecule has 6 nitrogen and oxygen atoms in total. The van der Waals surface area contributed by atoms with E-state index in [1.54, 1.807) is 7.11 Å². The van der Waals surface area contributed by atoms with E-state index in [0.29, 0.717) is 17.9 Å². The number of methoxy groups -OCH3 is 1. The number of carbonyl (C=O) groups excluding carboxylic acids is 1. The Morgan fingerprint density at radius 1 is 1.11 bits per heavy atom. The van der Waals surface area contributed by atoms with Gasteiger partial charge in [-0.3, -0.25) is 4.90 Å². The second kappa shape index (κ2) is 11.0. The number of ether oxygens (including phenoxy) is 2. The Bertz CT molecular complexity index is 937. The van der Waals surface area contributed by atoms with E-state index >= 15 is 0 Å². The van der Waals surface area contributed by atoms with Crippen molar-refractivity contribution >= 4 is 11.8 Å². The van der Waals surface area contributed by atoms with Crippen molar-refractivity contribution in [3.8, 4) is 0 Å². The predicted molar refractivity (Wildman–Crippen MR) is 146 cm³/mol. The van der Waals surface area contributed by atoms with Crippen LogP contribution in [0.5, 0.6) is 0 Å². The Hall–Kier alpha value is -2.21. The van der Waals surface area contributed by atoms with E-state index in [9.17, 15) is 4.79 Å².